The van der Waals surface area contributed by atoms with Crippen molar-refractivity contribution in [1.82, 2.24) is 15.1 Å². The summed E-state index contributed by atoms with van der Waals surface area (Å²) in [7, 11) is 0. The summed E-state index contributed by atoms with van der Waals surface area (Å²) in [5.41, 5.74) is 0.474. The van der Waals surface area contributed by atoms with Gasteiger partial charge in [0.1, 0.15) is 6.04 Å². The zero-order valence-corrected chi connectivity index (χ0v) is 16.2. The lowest BCUT2D eigenvalue weighted by molar-refractivity contribution is -0.135. The number of halogens is 3. The van der Waals surface area contributed by atoms with Crippen LogP contribution in [-0.2, 0) is 4.79 Å². The van der Waals surface area contributed by atoms with Gasteiger partial charge in [0.25, 0.3) is 5.91 Å². The summed E-state index contributed by atoms with van der Waals surface area (Å²) in [6, 6.07) is 4.48. The fourth-order valence-corrected chi connectivity index (χ4v) is 3.64. The van der Waals surface area contributed by atoms with E-state index in [0.717, 1.165) is 38.9 Å². The normalized spacial score (nSPS) is 20.8. The highest BCUT2D eigenvalue weighted by molar-refractivity contribution is 6.42. The molecule has 0 aliphatic carbocycles. The number of carbonyl (C=O) groups excluding carboxylic acids is 2. The van der Waals surface area contributed by atoms with E-state index in [2.05, 4.69) is 5.32 Å². The average Bonchev–Trinajstić information content (AvgIpc) is 2.91. The first kappa shape index (κ1) is 20.3. The molecule has 3 rings (SSSR count). The molecule has 8 heteroatoms. The fraction of sp³-hybridized carbons (Fsp3) is 0.529. The Labute approximate surface area is 164 Å². The fourth-order valence-electron chi connectivity index (χ4n) is 3.34. The van der Waals surface area contributed by atoms with Crippen LogP contribution in [0, 0.1) is 0 Å². The maximum atomic E-state index is 12.9. The molecule has 0 radical (unpaired) electrons. The molecule has 25 heavy (non-hydrogen) atoms. The van der Waals surface area contributed by atoms with Crippen molar-refractivity contribution < 1.29 is 9.59 Å². The van der Waals surface area contributed by atoms with E-state index in [9.17, 15) is 9.59 Å². The van der Waals surface area contributed by atoms with Crippen molar-refractivity contribution in [2.75, 3.05) is 32.7 Å². The number of likely N-dealkylation sites (tertiary alicyclic amines) is 1. The summed E-state index contributed by atoms with van der Waals surface area (Å²) in [4.78, 5) is 29.3. The van der Waals surface area contributed by atoms with Crippen molar-refractivity contribution >= 4 is 47.4 Å². The second-order valence-electron chi connectivity index (χ2n) is 6.21. The number of hydrogen-bond donors (Lipinski definition) is 1. The molecule has 0 spiro atoms. The van der Waals surface area contributed by atoms with E-state index >= 15 is 0 Å². The van der Waals surface area contributed by atoms with Crippen LogP contribution in [0.25, 0.3) is 0 Å². The van der Waals surface area contributed by atoms with Crippen molar-refractivity contribution in [2.24, 2.45) is 0 Å². The minimum atomic E-state index is -0.370. The third-order valence-electron chi connectivity index (χ3n) is 4.62. The SMILES string of the molecule is Cl.O=C(C1CCCN1C(=O)c1ccc(Cl)c(Cl)c1)N1CCCNCC1. The first-order valence-electron chi connectivity index (χ1n) is 8.33. The van der Waals surface area contributed by atoms with Crippen molar-refractivity contribution in [3.8, 4) is 0 Å². The molecular formula is C17H22Cl3N3O2. The maximum absolute atomic E-state index is 12.9. The standard InChI is InChI=1S/C17H21Cl2N3O2.ClH/c18-13-5-4-12(11-14(13)19)16(23)22-9-1-3-15(22)17(24)21-8-2-6-20-7-10-21;/h4-5,11,15,20H,1-3,6-10H2;1H. The van der Waals surface area contributed by atoms with Crippen molar-refractivity contribution in [3.63, 3.8) is 0 Å². The van der Waals surface area contributed by atoms with Crippen LogP contribution in [0.15, 0.2) is 18.2 Å². The highest BCUT2D eigenvalue weighted by atomic mass is 35.5. The number of nitrogens with one attached hydrogen (secondary N) is 1. The molecule has 1 atom stereocenters. The molecule has 2 amide bonds. The maximum Gasteiger partial charge on any atom is 0.254 e. The lowest BCUT2D eigenvalue weighted by Gasteiger charge is -2.29. The van der Waals surface area contributed by atoms with Crippen LogP contribution in [0.5, 0.6) is 0 Å². The average molecular weight is 407 g/mol. The van der Waals surface area contributed by atoms with Crippen LogP contribution in [0.3, 0.4) is 0 Å². The van der Waals surface area contributed by atoms with Gasteiger partial charge >= 0.3 is 0 Å². The second-order valence-corrected chi connectivity index (χ2v) is 7.03. The molecule has 2 aliphatic heterocycles. The van der Waals surface area contributed by atoms with Gasteiger partial charge in [0.15, 0.2) is 0 Å². The zero-order chi connectivity index (χ0) is 17.1. The predicted octanol–water partition coefficient (Wildman–Crippen LogP) is 2.84. The summed E-state index contributed by atoms with van der Waals surface area (Å²) in [5.74, 6) is -0.0954. The van der Waals surface area contributed by atoms with E-state index in [1.165, 1.54) is 0 Å². The molecule has 0 bridgehead atoms. The van der Waals surface area contributed by atoms with Gasteiger partial charge < -0.3 is 15.1 Å². The molecule has 0 aromatic heterocycles. The first-order chi connectivity index (χ1) is 11.6. The highest BCUT2D eigenvalue weighted by Crippen LogP contribution is 2.26. The Morgan fingerprint density at radius 2 is 1.84 bits per heavy atom. The van der Waals surface area contributed by atoms with Crippen LogP contribution in [0.2, 0.25) is 10.0 Å². The number of amides is 2. The summed E-state index contributed by atoms with van der Waals surface area (Å²) >= 11 is 11.9. The number of nitrogens with zero attached hydrogens (tertiary/aromatic N) is 2. The Bertz CT molecular complexity index is 634. The van der Waals surface area contributed by atoms with E-state index < -0.39 is 0 Å². The van der Waals surface area contributed by atoms with Gasteiger partial charge in [0.2, 0.25) is 5.91 Å². The second kappa shape index (κ2) is 9.08. The quantitative estimate of drug-likeness (QED) is 0.821. The number of carbonyl (C=O) groups is 2. The summed E-state index contributed by atoms with van der Waals surface area (Å²) in [6.07, 6.45) is 2.50. The number of hydrogen-bond acceptors (Lipinski definition) is 3. The Hall–Kier alpha value is -1.01. The molecule has 2 saturated heterocycles. The molecule has 2 heterocycles. The molecule has 1 unspecified atom stereocenters. The molecule has 138 valence electrons. The predicted molar refractivity (Wildman–Crippen MR) is 102 cm³/mol. The Morgan fingerprint density at radius 3 is 2.60 bits per heavy atom. The zero-order valence-electron chi connectivity index (χ0n) is 13.8. The van der Waals surface area contributed by atoms with Crippen LogP contribution in [0.4, 0.5) is 0 Å². The van der Waals surface area contributed by atoms with E-state index in [0.29, 0.717) is 28.7 Å². The Balaban J connectivity index is 0.00000225. The van der Waals surface area contributed by atoms with E-state index in [-0.39, 0.29) is 30.3 Å². The van der Waals surface area contributed by atoms with Gasteiger partial charge in [-0.15, -0.1) is 12.4 Å². The van der Waals surface area contributed by atoms with Crippen LogP contribution >= 0.6 is 35.6 Å². The summed E-state index contributed by atoms with van der Waals surface area (Å²) < 4.78 is 0. The molecule has 2 fully saturated rings. The minimum Gasteiger partial charge on any atom is -0.340 e. The first-order valence-corrected chi connectivity index (χ1v) is 9.09. The number of rotatable bonds is 2. The van der Waals surface area contributed by atoms with Gasteiger partial charge in [-0.05, 0) is 44.0 Å². The van der Waals surface area contributed by atoms with Gasteiger partial charge in [-0.1, -0.05) is 23.2 Å². The van der Waals surface area contributed by atoms with Crippen LogP contribution < -0.4 is 5.32 Å². The van der Waals surface area contributed by atoms with E-state index in [1.54, 1.807) is 23.1 Å². The van der Waals surface area contributed by atoms with Crippen LogP contribution in [0.1, 0.15) is 29.6 Å². The Kier molecular flexibility index (Phi) is 7.37. The number of benzene rings is 1. The third kappa shape index (κ3) is 4.59. The molecular weight excluding hydrogens is 385 g/mol. The molecule has 2 aliphatic rings. The summed E-state index contributed by atoms with van der Waals surface area (Å²) in [6.45, 7) is 3.78. The smallest absolute Gasteiger partial charge is 0.254 e. The van der Waals surface area contributed by atoms with Gasteiger partial charge in [-0.3, -0.25) is 9.59 Å². The lowest BCUT2D eigenvalue weighted by Crippen LogP contribution is -2.48. The van der Waals surface area contributed by atoms with Gasteiger partial charge in [-0.2, -0.15) is 0 Å². The Morgan fingerprint density at radius 1 is 1.04 bits per heavy atom. The minimum absolute atomic E-state index is 0. The van der Waals surface area contributed by atoms with Crippen molar-refractivity contribution in [3.05, 3.63) is 33.8 Å². The monoisotopic (exact) mass is 405 g/mol. The van der Waals surface area contributed by atoms with Gasteiger partial charge in [-0.25, -0.2) is 0 Å². The van der Waals surface area contributed by atoms with Gasteiger partial charge in [0.05, 0.1) is 10.0 Å². The lowest BCUT2D eigenvalue weighted by atomic mass is 10.1. The topological polar surface area (TPSA) is 52.7 Å². The van der Waals surface area contributed by atoms with E-state index in [4.69, 9.17) is 23.2 Å². The molecule has 0 saturated carbocycles. The van der Waals surface area contributed by atoms with Gasteiger partial charge in [0, 0.05) is 31.7 Å². The molecule has 1 aromatic rings. The molecule has 1 aromatic carbocycles. The summed E-state index contributed by atoms with van der Waals surface area (Å²) in [5, 5.41) is 4.06. The van der Waals surface area contributed by atoms with Crippen molar-refractivity contribution in [1.29, 1.82) is 0 Å². The molecule has 5 nitrogen and oxygen atoms in total. The van der Waals surface area contributed by atoms with Crippen LogP contribution in [-0.4, -0.2) is 60.4 Å². The van der Waals surface area contributed by atoms with E-state index in [1.807, 2.05) is 4.90 Å². The third-order valence-corrected chi connectivity index (χ3v) is 5.36. The van der Waals surface area contributed by atoms with Crippen molar-refractivity contribution in [2.45, 2.75) is 25.3 Å². The molecule has 1 N–H and O–H groups in total. The highest BCUT2D eigenvalue weighted by Gasteiger charge is 2.37. The largest absolute Gasteiger partial charge is 0.340 e.